The molecule has 1 fully saturated rings. The van der Waals surface area contributed by atoms with Crippen LogP contribution in [0.3, 0.4) is 0 Å². The molecule has 1 aliphatic rings. The fourth-order valence-electron chi connectivity index (χ4n) is 3.02. The van der Waals surface area contributed by atoms with Gasteiger partial charge in [0.05, 0.1) is 37.9 Å². The monoisotopic (exact) mass is 378 g/mol. The Balaban J connectivity index is 2.39. The number of esters is 1. The van der Waals surface area contributed by atoms with Gasteiger partial charge in [0.25, 0.3) is 0 Å². The van der Waals surface area contributed by atoms with Gasteiger partial charge >= 0.3 is 13.1 Å². The minimum atomic E-state index is -0.567. The highest BCUT2D eigenvalue weighted by Crippen LogP contribution is 2.43. The lowest BCUT2D eigenvalue weighted by atomic mass is 9.66. The van der Waals surface area contributed by atoms with Crippen LogP contribution in [0.15, 0.2) is 18.2 Å². The fraction of sp³-hybridized carbons (Fsp3) is 0.650. The van der Waals surface area contributed by atoms with Crippen molar-refractivity contribution in [1.82, 2.24) is 0 Å². The number of carbonyl (C=O) groups is 1. The van der Waals surface area contributed by atoms with Crippen molar-refractivity contribution in [1.29, 1.82) is 0 Å². The zero-order chi connectivity index (χ0) is 20.2. The maximum Gasteiger partial charge on any atom is 0.466 e. The van der Waals surface area contributed by atoms with E-state index in [0.717, 1.165) is 5.56 Å². The molecule has 0 aromatic heterocycles. The molecule has 0 bridgehead atoms. The second-order valence-electron chi connectivity index (χ2n) is 7.58. The van der Waals surface area contributed by atoms with Crippen LogP contribution in [0.2, 0.25) is 0 Å². The summed E-state index contributed by atoms with van der Waals surface area (Å²) in [5.74, 6) is 0.661. The number of hydrogen-bond donors (Lipinski definition) is 0. The van der Waals surface area contributed by atoms with Crippen LogP contribution in [0.4, 0.5) is 0 Å². The van der Waals surface area contributed by atoms with Gasteiger partial charge in [-0.3, -0.25) is 4.79 Å². The molecule has 0 amide bonds. The van der Waals surface area contributed by atoms with Crippen molar-refractivity contribution in [2.24, 2.45) is 0 Å². The molecule has 7 heteroatoms. The Kier molecular flexibility index (Phi) is 6.81. The lowest BCUT2D eigenvalue weighted by Gasteiger charge is -2.32. The standard InChI is InChI=1S/C20H31BO6/c1-8-24-17-12-14(10-11-16(17)23-7)15(13-18(22)25-9-2)21-26-19(3,4)20(5,6)27-21/h10-12,15H,8-9,13H2,1-7H3. The molecule has 0 aliphatic carbocycles. The van der Waals surface area contributed by atoms with Crippen LogP contribution >= 0.6 is 0 Å². The van der Waals surface area contributed by atoms with Gasteiger partial charge in [0.2, 0.25) is 0 Å². The predicted octanol–water partition coefficient (Wildman–Crippen LogP) is 3.76. The van der Waals surface area contributed by atoms with E-state index in [1.165, 1.54) is 0 Å². The van der Waals surface area contributed by atoms with Crippen molar-refractivity contribution in [3.8, 4) is 11.5 Å². The largest absolute Gasteiger partial charge is 0.493 e. The molecule has 1 heterocycles. The zero-order valence-electron chi connectivity index (χ0n) is 17.5. The summed E-state index contributed by atoms with van der Waals surface area (Å²) >= 11 is 0. The summed E-state index contributed by atoms with van der Waals surface area (Å²) in [5, 5.41) is 0. The van der Waals surface area contributed by atoms with Gasteiger partial charge in [-0.05, 0) is 59.2 Å². The number of rotatable bonds is 8. The van der Waals surface area contributed by atoms with Gasteiger partial charge in [-0.25, -0.2) is 0 Å². The number of methoxy groups -OCH3 is 1. The van der Waals surface area contributed by atoms with Gasteiger partial charge in [-0.1, -0.05) is 6.07 Å². The van der Waals surface area contributed by atoms with Gasteiger partial charge < -0.3 is 23.5 Å². The molecular weight excluding hydrogens is 347 g/mol. The minimum absolute atomic E-state index is 0.155. The van der Waals surface area contributed by atoms with E-state index in [9.17, 15) is 4.79 Å². The van der Waals surface area contributed by atoms with Crippen molar-refractivity contribution in [3.05, 3.63) is 23.8 Å². The van der Waals surface area contributed by atoms with Crippen molar-refractivity contribution in [3.63, 3.8) is 0 Å². The molecular formula is C20H31BO6. The first-order valence-electron chi connectivity index (χ1n) is 9.47. The highest BCUT2D eigenvalue weighted by atomic mass is 16.7. The van der Waals surface area contributed by atoms with E-state index in [4.69, 9.17) is 23.5 Å². The van der Waals surface area contributed by atoms with Crippen LogP contribution in [-0.4, -0.2) is 44.6 Å². The van der Waals surface area contributed by atoms with E-state index in [0.29, 0.717) is 24.7 Å². The molecule has 1 aromatic rings. The van der Waals surface area contributed by atoms with E-state index < -0.39 is 18.3 Å². The summed E-state index contributed by atoms with van der Waals surface area (Å²) in [6.07, 6.45) is 0.155. The molecule has 150 valence electrons. The van der Waals surface area contributed by atoms with Gasteiger partial charge in [0.1, 0.15) is 0 Å². The van der Waals surface area contributed by atoms with Crippen LogP contribution in [0.5, 0.6) is 11.5 Å². The minimum Gasteiger partial charge on any atom is -0.493 e. The molecule has 6 nitrogen and oxygen atoms in total. The fourth-order valence-corrected chi connectivity index (χ4v) is 3.02. The van der Waals surface area contributed by atoms with Crippen LogP contribution < -0.4 is 9.47 Å². The molecule has 0 radical (unpaired) electrons. The smallest absolute Gasteiger partial charge is 0.466 e. The lowest BCUT2D eigenvalue weighted by Crippen LogP contribution is -2.41. The number of benzene rings is 1. The Morgan fingerprint density at radius 2 is 1.70 bits per heavy atom. The number of ether oxygens (including phenoxy) is 3. The zero-order valence-corrected chi connectivity index (χ0v) is 17.5. The summed E-state index contributed by atoms with van der Waals surface area (Å²) in [7, 11) is 1.03. The van der Waals surface area contributed by atoms with Gasteiger partial charge in [0.15, 0.2) is 11.5 Å². The lowest BCUT2D eigenvalue weighted by molar-refractivity contribution is -0.143. The highest BCUT2D eigenvalue weighted by molar-refractivity contribution is 6.48. The molecule has 0 N–H and O–H groups in total. The predicted molar refractivity (Wildman–Crippen MR) is 104 cm³/mol. The third kappa shape index (κ3) is 4.77. The first-order chi connectivity index (χ1) is 12.6. The van der Waals surface area contributed by atoms with Crippen LogP contribution in [0.1, 0.15) is 59.3 Å². The second-order valence-corrected chi connectivity index (χ2v) is 7.58. The Morgan fingerprint density at radius 3 is 2.22 bits per heavy atom. The summed E-state index contributed by atoms with van der Waals surface area (Å²) in [6.45, 7) is 12.5. The average Bonchev–Trinajstić information content (AvgIpc) is 2.81. The van der Waals surface area contributed by atoms with E-state index in [2.05, 4.69) is 0 Å². The third-order valence-corrected chi connectivity index (χ3v) is 5.21. The van der Waals surface area contributed by atoms with Gasteiger partial charge in [-0.2, -0.15) is 0 Å². The maximum absolute atomic E-state index is 12.3. The van der Waals surface area contributed by atoms with E-state index in [-0.39, 0.29) is 18.2 Å². The van der Waals surface area contributed by atoms with Crippen molar-refractivity contribution in [2.75, 3.05) is 20.3 Å². The maximum atomic E-state index is 12.3. The molecule has 1 aromatic carbocycles. The summed E-state index contributed by atoms with van der Waals surface area (Å²) in [6, 6.07) is 5.64. The van der Waals surface area contributed by atoms with Crippen LogP contribution in [0.25, 0.3) is 0 Å². The summed E-state index contributed by atoms with van der Waals surface area (Å²) in [4.78, 5) is 12.3. The Bertz CT molecular complexity index is 642. The molecule has 0 spiro atoms. The van der Waals surface area contributed by atoms with E-state index in [1.54, 1.807) is 14.0 Å². The van der Waals surface area contributed by atoms with E-state index >= 15 is 0 Å². The molecule has 1 unspecified atom stereocenters. The molecule has 1 aliphatic heterocycles. The van der Waals surface area contributed by atoms with E-state index in [1.807, 2.05) is 52.8 Å². The molecule has 2 rings (SSSR count). The Labute approximate surface area is 162 Å². The molecule has 0 saturated carbocycles. The van der Waals surface area contributed by atoms with Crippen molar-refractivity contribution in [2.45, 2.75) is 65.0 Å². The summed E-state index contributed by atoms with van der Waals surface area (Å²) in [5.41, 5.74) is -0.0923. The number of hydrogen-bond acceptors (Lipinski definition) is 6. The van der Waals surface area contributed by atoms with Crippen molar-refractivity contribution >= 4 is 13.1 Å². The topological polar surface area (TPSA) is 63.2 Å². The quantitative estimate of drug-likeness (QED) is 0.507. The molecule has 27 heavy (non-hydrogen) atoms. The van der Waals surface area contributed by atoms with Crippen molar-refractivity contribution < 1.29 is 28.3 Å². The van der Waals surface area contributed by atoms with Crippen LogP contribution in [-0.2, 0) is 18.8 Å². The second kappa shape index (κ2) is 8.53. The first-order valence-corrected chi connectivity index (χ1v) is 9.47. The SMILES string of the molecule is CCOC(=O)CC(B1OC(C)(C)C(C)(C)O1)c1ccc(OC)c(OCC)c1. The van der Waals surface area contributed by atoms with Crippen LogP contribution in [0, 0.1) is 0 Å². The molecule has 1 atom stereocenters. The Hall–Kier alpha value is -1.73. The van der Waals surface area contributed by atoms with Gasteiger partial charge in [0, 0.05) is 5.82 Å². The Morgan fingerprint density at radius 1 is 1.07 bits per heavy atom. The normalized spacial score (nSPS) is 18.9. The first kappa shape index (κ1) is 21.6. The average molecular weight is 378 g/mol. The number of carbonyl (C=O) groups excluding carboxylic acids is 1. The van der Waals surface area contributed by atoms with Gasteiger partial charge in [-0.15, -0.1) is 0 Å². The molecule has 1 saturated heterocycles. The summed E-state index contributed by atoms with van der Waals surface area (Å²) < 4.78 is 28.7. The highest BCUT2D eigenvalue weighted by Gasteiger charge is 2.54. The third-order valence-electron chi connectivity index (χ3n) is 5.21.